The lowest BCUT2D eigenvalue weighted by atomic mass is 9.79. The molecule has 1 spiro atoms. The summed E-state index contributed by atoms with van der Waals surface area (Å²) in [6.07, 6.45) is 2.44. The van der Waals surface area contributed by atoms with Gasteiger partial charge in [-0.2, -0.15) is 0 Å². The van der Waals surface area contributed by atoms with Crippen LogP contribution < -0.4 is 14.8 Å². The van der Waals surface area contributed by atoms with Crippen molar-refractivity contribution in [3.05, 3.63) is 23.3 Å². The summed E-state index contributed by atoms with van der Waals surface area (Å²) in [5.74, 6) is 1.54. The summed E-state index contributed by atoms with van der Waals surface area (Å²) < 4.78 is 17.2. The zero-order valence-electron chi connectivity index (χ0n) is 16.4. The number of β-amino-alcohol motifs (C(OH)–C–C–N with tert-alkyl or cyclic N) is 1. The van der Waals surface area contributed by atoms with Gasteiger partial charge in [0.25, 0.3) is 0 Å². The van der Waals surface area contributed by atoms with Crippen LogP contribution in [-0.4, -0.2) is 68.5 Å². The van der Waals surface area contributed by atoms with E-state index in [9.17, 15) is 9.90 Å². The van der Waals surface area contributed by atoms with E-state index in [1.807, 2.05) is 11.0 Å². The summed E-state index contributed by atoms with van der Waals surface area (Å²) in [4.78, 5) is 14.6. The quantitative estimate of drug-likeness (QED) is 0.777. The predicted octanol–water partition coefficient (Wildman–Crippen LogP) is 1.24. The molecule has 3 aliphatic heterocycles. The zero-order valence-corrected chi connectivity index (χ0v) is 17.2. The lowest BCUT2D eigenvalue weighted by Crippen LogP contribution is -2.52. The Bertz CT molecular complexity index is 721. The molecule has 1 aromatic carbocycles. The molecule has 2 fully saturated rings. The third-order valence-corrected chi connectivity index (χ3v) is 6.14. The SMILES string of the molecule is COc1cc2c(cc1OC)C1(CCN(C(=O)[C@@H]3C[C@@H](O)CN3)CC1)OCC2.Cl. The van der Waals surface area contributed by atoms with Gasteiger partial charge in [-0.05, 0) is 48.9 Å². The molecule has 0 aliphatic carbocycles. The number of ether oxygens (including phenoxy) is 3. The van der Waals surface area contributed by atoms with Gasteiger partial charge in [-0.3, -0.25) is 4.79 Å². The Morgan fingerprint density at radius 1 is 1.25 bits per heavy atom. The first-order valence-corrected chi connectivity index (χ1v) is 9.66. The first-order chi connectivity index (χ1) is 13.1. The van der Waals surface area contributed by atoms with Crippen molar-refractivity contribution in [2.24, 2.45) is 0 Å². The molecule has 7 nitrogen and oxygen atoms in total. The van der Waals surface area contributed by atoms with Crippen LogP contribution in [0.1, 0.15) is 30.4 Å². The fourth-order valence-corrected chi connectivity index (χ4v) is 4.61. The number of rotatable bonds is 3. The predicted molar refractivity (Wildman–Crippen MR) is 106 cm³/mol. The number of aliphatic hydroxyl groups is 1. The first-order valence-electron chi connectivity index (χ1n) is 9.66. The van der Waals surface area contributed by atoms with Crippen LogP contribution in [0.5, 0.6) is 11.5 Å². The maximum Gasteiger partial charge on any atom is 0.239 e. The van der Waals surface area contributed by atoms with Crippen LogP contribution in [0.4, 0.5) is 0 Å². The highest BCUT2D eigenvalue weighted by molar-refractivity contribution is 5.85. The van der Waals surface area contributed by atoms with Gasteiger partial charge in [0.05, 0.1) is 38.6 Å². The lowest BCUT2D eigenvalue weighted by molar-refractivity contribution is -0.142. The second kappa shape index (κ2) is 8.45. The summed E-state index contributed by atoms with van der Waals surface area (Å²) >= 11 is 0. The number of nitrogens with zero attached hydrogens (tertiary/aromatic N) is 1. The maximum absolute atomic E-state index is 12.7. The number of piperidine rings is 1. The molecule has 1 amide bonds. The fourth-order valence-electron chi connectivity index (χ4n) is 4.61. The van der Waals surface area contributed by atoms with E-state index in [0.29, 0.717) is 38.4 Å². The monoisotopic (exact) mass is 412 g/mol. The molecule has 2 atom stereocenters. The smallest absolute Gasteiger partial charge is 0.239 e. The van der Waals surface area contributed by atoms with Crippen molar-refractivity contribution in [1.29, 1.82) is 0 Å². The fraction of sp³-hybridized carbons (Fsp3) is 0.650. The standard InChI is InChI=1S/C20H28N2O5.ClH/c1-25-17-9-13-3-8-27-20(15(13)11-18(17)26-2)4-6-22(7-5-20)19(24)16-10-14(23)12-21-16;/h9,11,14,16,21,23H,3-8,10,12H2,1-2H3;1H/t14-,16+;/m1./s1. The molecule has 28 heavy (non-hydrogen) atoms. The molecule has 156 valence electrons. The minimum absolute atomic E-state index is 0. The highest BCUT2D eigenvalue weighted by atomic mass is 35.5. The van der Waals surface area contributed by atoms with Crippen LogP contribution in [0.2, 0.25) is 0 Å². The van der Waals surface area contributed by atoms with Gasteiger partial charge in [0.1, 0.15) is 0 Å². The third kappa shape index (κ3) is 3.68. The van der Waals surface area contributed by atoms with E-state index in [1.165, 1.54) is 5.56 Å². The van der Waals surface area contributed by atoms with Crippen molar-refractivity contribution in [3.63, 3.8) is 0 Å². The van der Waals surface area contributed by atoms with Crippen LogP contribution in [0.15, 0.2) is 12.1 Å². The van der Waals surface area contributed by atoms with Crippen LogP contribution in [0, 0.1) is 0 Å². The molecule has 2 saturated heterocycles. The number of fused-ring (bicyclic) bond motifs is 2. The Labute approximate surface area is 171 Å². The van der Waals surface area contributed by atoms with E-state index in [4.69, 9.17) is 14.2 Å². The van der Waals surface area contributed by atoms with Crippen LogP contribution in [0.3, 0.4) is 0 Å². The minimum atomic E-state index is -0.425. The average molecular weight is 413 g/mol. The minimum Gasteiger partial charge on any atom is -0.493 e. The van der Waals surface area contributed by atoms with Gasteiger partial charge in [0.2, 0.25) is 5.91 Å². The van der Waals surface area contributed by atoms with E-state index >= 15 is 0 Å². The number of hydrogen-bond acceptors (Lipinski definition) is 6. The van der Waals surface area contributed by atoms with Gasteiger partial charge >= 0.3 is 0 Å². The van der Waals surface area contributed by atoms with E-state index in [-0.39, 0.29) is 30.0 Å². The van der Waals surface area contributed by atoms with Crippen molar-refractivity contribution in [3.8, 4) is 11.5 Å². The Morgan fingerprint density at radius 3 is 2.54 bits per heavy atom. The first kappa shape index (κ1) is 21.2. The van der Waals surface area contributed by atoms with Gasteiger partial charge in [0, 0.05) is 19.6 Å². The molecule has 3 aliphatic rings. The number of benzene rings is 1. The molecule has 0 bridgehead atoms. The third-order valence-electron chi connectivity index (χ3n) is 6.14. The summed E-state index contributed by atoms with van der Waals surface area (Å²) in [5, 5.41) is 12.8. The molecule has 1 aromatic rings. The second-order valence-electron chi connectivity index (χ2n) is 7.63. The average Bonchev–Trinajstić information content (AvgIpc) is 3.14. The Kier molecular flexibility index (Phi) is 6.39. The summed E-state index contributed by atoms with van der Waals surface area (Å²) in [6.45, 7) is 2.47. The van der Waals surface area contributed by atoms with E-state index in [2.05, 4.69) is 11.4 Å². The normalized spacial score (nSPS) is 25.8. The van der Waals surface area contributed by atoms with Gasteiger partial charge in [-0.15, -0.1) is 12.4 Å². The molecule has 0 aromatic heterocycles. The molecule has 8 heteroatoms. The Hall–Kier alpha value is -1.54. The lowest BCUT2D eigenvalue weighted by Gasteiger charge is -2.45. The van der Waals surface area contributed by atoms with Gasteiger partial charge in [-0.25, -0.2) is 0 Å². The van der Waals surface area contributed by atoms with Crippen molar-refractivity contribution >= 4 is 18.3 Å². The number of likely N-dealkylation sites (tertiary alicyclic amines) is 1. The molecule has 0 saturated carbocycles. The number of hydrogen-bond donors (Lipinski definition) is 2. The largest absolute Gasteiger partial charge is 0.493 e. The molecule has 2 N–H and O–H groups in total. The number of nitrogens with one attached hydrogen (secondary N) is 1. The van der Waals surface area contributed by atoms with Crippen LogP contribution >= 0.6 is 12.4 Å². The molecule has 0 unspecified atom stereocenters. The van der Waals surface area contributed by atoms with Crippen LogP contribution in [0.25, 0.3) is 0 Å². The van der Waals surface area contributed by atoms with Gasteiger partial charge in [0.15, 0.2) is 11.5 Å². The van der Waals surface area contributed by atoms with Crippen LogP contribution in [-0.2, 0) is 21.6 Å². The Balaban J connectivity index is 0.00000225. The molecular formula is C20H29ClN2O5. The second-order valence-corrected chi connectivity index (χ2v) is 7.63. The summed E-state index contributed by atoms with van der Waals surface area (Å²) in [6, 6.07) is 3.83. The van der Waals surface area contributed by atoms with Crippen molar-refractivity contribution in [2.75, 3.05) is 40.5 Å². The molecule has 0 radical (unpaired) electrons. The molecular weight excluding hydrogens is 384 g/mol. The zero-order chi connectivity index (χ0) is 19.0. The number of carbonyl (C=O) groups excluding carboxylic acids is 1. The van der Waals surface area contributed by atoms with E-state index < -0.39 is 6.10 Å². The van der Waals surface area contributed by atoms with Crippen molar-refractivity contribution in [2.45, 2.75) is 43.4 Å². The summed E-state index contributed by atoms with van der Waals surface area (Å²) in [7, 11) is 3.29. The highest BCUT2D eigenvalue weighted by Crippen LogP contribution is 2.45. The Morgan fingerprint density at radius 2 is 1.93 bits per heavy atom. The topological polar surface area (TPSA) is 80.3 Å². The molecule has 3 heterocycles. The molecule has 4 rings (SSSR count). The number of carbonyl (C=O) groups is 1. The van der Waals surface area contributed by atoms with Gasteiger partial charge < -0.3 is 29.5 Å². The summed E-state index contributed by atoms with van der Waals surface area (Å²) in [5.41, 5.74) is 2.03. The van der Waals surface area contributed by atoms with Crippen molar-refractivity contribution in [1.82, 2.24) is 10.2 Å². The number of methoxy groups -OCH3 is 2. The number of amides is 1. The highest BCUT2D eigenvalue weighted by Gasteiger charge is 2.43. The van der Waals surface area contributed by atoms with E-state index in [0.717, 1.165) is 30.6 Å². The maximum atomic E-state index is 12.7. The van der Waals surface area contributed by atoms with Crippen molar-refractivity contribution < 1.29 is 24.1 Å². The van der Waals surface area contributed by atoms with E-state index in [1.54, 1.807) is 14.2 Å². The van der Waals surface area contributed by atoms with Gasteiger partial charge in [-0.1, -0.05) is 0 Å². The number of aliphatic hydroxyl groups excluding tert-OH is 1. The number of halogens is 1.